The minimum atomic E-state index is -0.620. The van der Waals surface area contributed by atoms with Gasteiger partial charge in [-0.3, -0.25) is 4.79 Å². The van der Waals surface area contributed by atoms with E-state index in [1.807, 2.05) is 13.8 Å². The van der Waals surface area contributed by atoms with Crippen LogP contribution in [0.2, 0.25) is 0 Å². The first-order valence-electron chi connectivity index (χ1n) is 5.04. The van der Waals surface area contributed by atoms with Crippen LogP contribution in [0.3, 0.4) is 0 Å². The predicted molar refractivity (Wildman–Crippen MR) is 51.3 cm³/mol. The Bertz CT molecular complexity index is 183. The lowest BCUT2D eigenvalue weighted by atomic mass is 10.0. The molecule has 0 radical (unpaired) electrons. The van der Waals surface area contributed by atoms with Crippen LogP contribution in [0.5, 0.6) is 0 Å². The molecule has 0 atom stereocenters. The second-order valence-electron chi connectivity index (χ2n) is 4.30. The molecule has 3 heteroatoms. The molecule has 0 aliphatic heterocycles. The lowest BCUT2D eigenvalue weighted by Crippen LogP contribution is -2.42. The highest BCUT2D eigenvalue weighted by Crippen LogP contribution is 2.28. The highest BCUT2D eigenvalue weighted by molar-refractivity contribution is 5.77. The minimum Gasteiger partial charge on any atom is -0.388 e. The summed E-state index contributed by atoms with van der Waals surface area (Å²) in [6, 6.07) is 0. The lowest BCUT2D eigenvalue weighted by Gasteiger charge is -2.22. The van der Waals surface area contributed by atoms with Crippen LogP contribution in [0, 0.1) is 5.92 Å². The zero-order valence-corrected chi connectivity index (χ0v) is 8.47. The van der Waals surface area contributed by atoms with Crippen LogP contribution in [0.25, 0.3) is 0 Å². The van der Waals surface area contributed by atoms with E-state index < -0.39 is 5.60 Å². The Morgan fingerprint density at radius 2 is 2.00 bits per heavy atom. The molecule has 76 valence electrons. The van der Waals surface area contributed by atoms with Crippen LogP contribution < -0.4 is 5.32 Å². The van der Waals surface area contributed by atoms with Crippen LogP contribution >= 0.6 is 0 Å². The topological polar surface area (TPSA) is 49.3 Å². The summed E-state index contributed by atoms with van der Waals surface area (Å²) in [5.41, 5.74) is -0.620. The van der Waals surface area contributed by atoms with Crippen LogP contribution in [-0.2, 0) is 4.79 Å². The van der Waals surface area contributed by atoms with Crippen molar-refractivity contribution < 1.29 is 9.90 Å². The van der Waals surface area contributed by atoms with Gasteiger partial charge in [-0.15, -0.1) is 0 Å². The SMILES string of the molecule is CC(C)C(=O)NCC1(O)CCCC1. The van der Waals surface area contributed by atoms with Gasteiger partial charge in [-0.1, -0.05) is 26.7 Å². The van der Waals surface area contributed by atoms with Crippen molar-refractivity contribution in [2.45, 2.75) is 45.1 Å². The molecule has 1 saturated carbocycles. The molecule has 0 saturated heterocycles. The minimum absolute atomic E-state index is 0.00463. The third-order valence-electron chi connectivity index (χ3n) is 2.65. The lowest BCUT2D eigenvalue weighted by molar-refractivity contribution is -0.125. The molecule has 1 rings (SSSR count). The summed E-state index contributed by atoms with van der Waals surface area (Å²) in [4.78, 5) is 11.2. The van der Waals surface area contributed by atoms with E-state index in [0.29, 0.717) is 6.54 Å². The molecule has 0 unspecified atom stereocenters. The molecule has 0 aromatic carbocycles. The second kappa shape index (κ2) is 4.09. The summed E-state index contributed by atoms with van der Waals surface area (Å²) in [5, 5.41) is 12.7. The Morgan fingerprint density at radius 1 is 1.46 bits per heavy atom. The van der Waals surface area contributed by atoms with Gasteiger partial charge in [0.25, 0.3) is 0 Å². The molecule has 2 N–H and O–H groups in total. The van der Waals surface area contributed by atoms with E-state index in [0.717, 1.165) is 25.7 Å². The van der Waals surface area contributed by atoms with Gasteiger partial charge < -0.3 is 10.4 Å². The molecule has 0 aromatic heterocycles. The average molecular weight is 185 g/mol. The summed E-state index contributed by atoms with van der Waals surface area (Å²) in [7, 11) is 0. The maximum atomic E-state index is 11.2. The molecule has 0 heterocycles. The molecule has 1 amide bonds. The smallest absolute Gasteiger partial charge is 0.222 e. The zero-order valence-electron chi connectivity index (χ0n) is 8.47. The fraction of sp³-hybridized carbons (Fsp3) is 0.900. The molecule has 3 nitrogen and oxygen atoms in total. The van der Waals surface area contributed by atoms with Crippen molar-refractivity contribution >= 4 is 5.91 Å². The molecule has 1 aliphatic rings. The van der Waals surface area contributed by atoms with E-state index in [9.17, 15) is 9.90 Å². The van der Waals surface area contributed by atoms with Gasteiger partial charge in [-0.2, -0.15) is 0 Å². The second-order valence-corrected chi connectivity index (χ2v) is 4.30. The third kappa shape index (κ3) is 2.99. The van der Waals surface area contributed by atoms with Crippen molar-refractivity contribution in [1.82, 2.24) is 5.32 Å². The first-order chi connectivity index (χ1) is 6.03. The van der Waals surface area contributed by atoms with Gasteiger partial charge in [0.1, 0.15) is 0 Å². The standard InChI is InChI=1S/C10H19NO2/c1-8(2)9(12)11-7-10(13)5-3-4-6-10/h8,13H,3-7H2,1-2H3,(H,11,12). The van der Waals surface area contributed by atoms with Crippen LogP contribution in [-0.4, -0.2) is 23.2 Å². The van der Waals surface area contributed by atoms with Gasteiger partial charge in [0, 0.05) is 12.5 Å². The third-order valence-corrected chi connectivity index (χ3v) is 2.65. The highest BCUT2D eigenvalue weighted by atomic mass is 16.3. The monoisotopic (exact) mass is 185 g/mol. The van der Waals surface area contributed by atoms with E-state index in [1.54, 1.807) is 0 Å². The molecular weight excluding hydrogens is 166 g/mol. The van der Waals surface area contributed by atoms with Crippen molar-refractivity contribution in [3.05, 3.63) is 0 Å². The first kappa shape index (κ1) is 10.5. The van der Waals surface area contributed by atoms with E-state index in [2.05, 4.69) is 5.32 Å². The molecule has 0 spiro atoms. The summed E-state index contributed by atoms with van der Waals surface area (Å²) >= 11 is 0. The van der Waals surface area contributed by atoms with Crippen LogP contribution in [0.15, 0.2) is 0 Å². The Balaban J connectivity index is 2.29. The Kier molecular flexibility index (Phi) is 3.31. The fourth-order valence-electron chi connectivity index (χ4n) is 1.67. The summed E-state index contributed by atoms with van der Waals surface area (Å²) in [6.45, 7) is 4.13. The van der Waals surface area contributed by atoms with E-state index >= 15 is 0 Å². The summed E-state index contributed by atoms with van der Waals surface area (Å²) in [6.07, 6.45) is 3.80. The van der Waals surface area contributed by atoms with Crippen molar-refractivity contribution in [1.29, 1.82) is 0 Å². The van der Waals surface area contributed by atoms with Gasteiger partial charge in [0.05, 0.1) is 5.60 Å². The van der Waals surface area contributed by atoms with E-state index in [-0.39, 0.29) is 11.8 Å². The van der Waals surface area contributed by atoms with E-state index in [1.165, 1.54) is 0 Å². The molecule has 1 aliphatic carbocycles. The molecule has 1 fully saturated rings. The number of hydrogen-bond donors (Lipinski definition) is 2. The van der Waals surface area contributed by atoms with Crippen molar-refractivity contribution in [2.24, 2.45) is 5.92 Å². The molecular formula is C10H19NO2. The van der Waals surface area contributed by atoms with Crippen LogP contribution in [0.4, 0.5) is 0 Å². The number of hydrogen-bond acceptors (Lipinski definition) is 2. The maximum Gasteiger partial charge on any atom is 0.222 e. The number of nitrogens with one attached hydrogen (secondary N) is 1. The number of amides is 1. The fourth-order valence-corrected chi connectivity index (χ4v) is 1.67. The Morgan fingerprint density at radius 3 is 2.46 bits per heavy atom. The quantitative estimate of drug-likeness (QED) is 0.691. The molecule has 0 bridgehead atoms. The predicted octanol–water partition coefficient (Wildman–Crippen LogP) is 1.06. The Hall–Kier alpha value is -0.570. The highest BCUT2D eigenvalue weighted by Gasteiger charge is 2.31. The van der Waals surface area contributed by atoms with Crippen molar-refractivity contribution in [2.75, 3.05) is 6.54 Å². The molecule has 13 heavy (non-hydrogen) atoms. The number of rotatable bonds is 3. The van der Waals surface area contributed by atoms with Gasteiger partial charge >= 0.3 is 0 Å². The van der Waals surface area contributed by atoms with Gasteiger partial charge in [-0.25, -0.2) is 0 Å². The number of carbonyl (C=O) groups excluding carboxylic acids is 1. The van der Waals surface area contributed by atoms with Crippen molar-refractivity contribution in [3.8, 4) is 0 Å². The maximum absolute atomic E-state index is 11.2. The van der Waals surface area contributed by atoms with Crippen molar-refractivity contribution in [3.63, 3.8) is 0 Å². The van der Waals surface area contributed by atoms with E-state index in [4.69, 9.17) is 0 Å². The Labute approximate surface area is 79.5 Å². The summed E-state index contributed by atoms with van der Waals surface area (Å²) in [5.74, 6) is 0.0327. The number of carbonyl (C=O) groups is 1. The number of aliphatic hydroxyl groups is 1. The van der Waals surface area contributed by atoms with Crippen LogP contribution in [0.1, 0.15) is 39.5 Å². The summed E-state index contributed by atoms with van der Waals surface area (Å²) < 4.78 is 0. The largest absolute Gasteiger partial charge is 0.388 e. The van der Waals surface area contributed by atoms with Gasteiger partial charge in [0.15, 0.2) is 0 Å². The average Bonchev–Trinajstić information content (AvgIpc) is 2.48. The first-order valence-corrected chi connectivity index (χ1v) is 5.04. The van der Waals surface area contributed by atoms with Gasteiger partial charge in [0.2, 0.25) is 5.91 Å². The zero-order chi connectivity index (χ0) is 9.90. The normalized spacial score (nSPS) is 20.6. The van der Waals surface area contributed by atoms with Gasteiger partial charge in [-0.05, 0) is 12.8 Å². The molecule has 0 aromatic rings.